The molecule has 12 nitrogen and oxygen atoms in total. The third-order valence-electron chi connectivity index (χ3n) is 7.71. The summed E-state index contributed by atoms with van der Waals surface area (Å²) in [6.07, 6.45) is 6.05. The minimum atomic E-state index is -1.14. The van der Waals surface area contributed by atoms with Gasteiger partial charge in [-0.2, -0.15) is 0 Å². The molecule has 6 rings (SSSR count). The van der Waals surface area contributed by atoms with Crippen molar-refractivity contribution in [3.05, 3.63) is 108 Å². The fourth-order valence-corrected chi connectivity index (χ4v) is 6.47. The number of nitro groups is 1. The number of halogens is 3. The molecule has 15 heteroatoms. The molecule has 0 aliphatic rings. The largest absolute Gasteiger partial charge is 0.480 e. The average molecular weight is 849 g/mol. The number of carboxylic acids is 2. The third-order valence-corrected chi connectivity index (χ3v) is 9.15. The fourth-order valence-electron chi connectivity index (χ4n) is 5.34. The van der Waals surface area contributed by atoms with Crippen LogP contribution in [0.1, 0.15) is 11.1 Å². The highest BCUT2D eigenvalue weighted by Crippen LogP contribution is 2.34. The van der Waals surface area contributed by atoms with E-state index >= 15 is 0 Å². The van der Waals surface area contributed by atoms with Gasteiger partial charge in [0.05, 0.1) is 15.8 Å². The molecule has 0 saturated carbocycles. The molecule has 0 amide bonds. The molecule has 0 aliphatic heterocycles. The molecule has 0 aliphatic carbocycles. The molecular formula is C33H33Br3N6O6. The van der Waals surface area contributed by atoms with Crippen molar-refractivity contribution in [3.63, 3.8) is 0 Å². The lowest BCUT2D eigenvalue weighted by molar-refractivity contribution is -0.383. The standard InChI is InChI=1S/C12H12BrN3O4.C12H13BrN2O2.C9H8BrN/c1-15-5-6(2-8(14)12(17)18)11-9(15)3-7(13)4-10(11)16(19)20;1-15-6-7(4-10(14)12(16)17)9-3-2-8(13)5-11(9)15;1-11-5-4-7-2-3-8(10)6-9(7)11/h3-5,8H,2,14H2,1H3,(H,17,18);2-3,5-6,10H,4,14H2,1H3,(H,16,17);2-6H,1H3. The van der Waals surface area contributed by atoms with E-state index in [-0.39, 0.29) is 12.1 Å². The van der Waals surface area contributed by atoms with E-state index in [4.69, 9.17) is 21.7 Å². The molecule has 6 aromatic rings. The van der Waals surface area contributed by atoms with Crippen molar-refractivity contribution in [1.29, 1.82) is 0 Å². The van der Waals surface area contributed by atoms with Crippen molar-refractivity contribution in [2.24, 2.45) is 32.6 Å². The van der Waals surface area contributed by atoms with Crippen LogP contribution < -0.4 is 11.5 Å². The highest BCUT2D eigenvalue weighted by Gasteiger charge is 2.23. The van der Waals surface area contributed by atoms with E-state index in [1.807, 2.05) is 36.0 Å². The zero-order valence-electron chi connectivity index (χ0n) is 26.1. The van der Waals surface area contributed by atoms with Crippen LogP contribution in [0.2, 0.25) is 0 Å². The van der Waals surface area contributed by atoms with Gasteiger partial charge in [-0.1, -0.05) is 59.9 Å². The van der Waals surface area contributed by atoms with Gasteiger partial charge in [-0.15, -0.1) is 0 Å². The summed E-state index contributed by atoms with van der Waals surface area (Å²) in [6.45, 7) is 0. The Labute approximate surface area is 300 Å². The van der Waals surface area contributed by atoms with Crippen molar-refractivity contribution in [2.45, 2.75) is 24.9 Å². The van der Waals surface area contributed by atoms with Crippen LogP contribution in [0.4, 0.5) is 5.69 Å². The molecule has 2 atom stereocenters. The van der Waals surface area contributed by atoms with Gasteiger partial charge in [0, 0.05) is 88.5 Å². The van der Waals surface area contributed by atoms with Gasteiger partial charge in [-0.05, 0) is 52.9 Å². The first-order chi connectivity index (χ1) is 22.6. The Hall–Kier alpha value is -4.02. The van der Waals surface area contributed by atoms with E-state index < -0.39 is 28.9 Å². The topological polar surface area (TPSA) is 185 Å². The Balaban J connectivity index is 0.000000169. The van der Waals surface area contributed by atoms with E-state index in [2.05, 4.69) is 89.9 Å². The summed E-state index contributed by atoms with van der Waals surface area (Å²) < 4.78 is 8.53. The number of fused-ring (bicyclic) bond motifs is 3. The minimum absolute atomic E-state index is 0.0369. The van der Waals surface area contributed by atoms with Crippen molar-refractivity contribution in [1.82, 2.24) is 13.7 Å². The highest BCUT2D eigenvalue weighted by atomic mass is 79.9. The summed E-state index contributed by atoms with van der Waals surface area (Å²) in [7, 11) is 5.73. The number of non-ortho nitro benzene ring substituents is 1. The summed E-state index contributed by atoms with van der Waals surface area (Å²) in [5.41, 5.74) is 15.5. The lowest BCUT2D eigenvalue weighted by Gasteiger charge is -2.05. The van der Waals surface area contributed by atoms with Gasteiger partial charge in [0.2, 0.25) is 0 Å². The van der Waals surface area contributed by atoms with Crippen LogP contribution in [-0.2, 0) is 43.6 Å². The SMILES string of the molecule is Cn1cc(CC(N)C(=O)O)c2c([N+](=O)[O-])cc(Br)cc21.Cn1cc(CC(N)C(=O)O)c2ccc(Br)cc21.Cn1ccc2ccc(Br)cc21. The molecule has 6 N–H and O–H groups in total. The highest BCUT2D eigenvalue weighted by molar-refractivity contribution is 9.11. The minimum Gasteiger partial charge on any atom is -0.480 e. The summed E-state index contributed by atoms with van der Waals surface area (Å²) in [4.78, 5) is 32.3. The van der Waals surface area contributed by atoms with Crippen LogP contribution in [0.3, 0.4) is 0 Å². The quantitative estimate of drug-likeness (QED) is 0.102. The number of carboxylic acid groups (broad SMARTS) is 2. The van der Waals surface area contributed by atoms with E-state index in [1.54, 1.807) is 23.9 Å². The van der Waals surface area contributed by atoms with Gasteiger partial charge in [-0.3, -0.25) is 19.7 Å². The van der Waals surface area contributed by atoms with Gasteiger partial charge in [0.25, 0.3) is 5.69 Å². The second kappa shape index (κ2) is 15.5. The number of aliphatic carboxylic acids is 2. The maximum atomic E-state index is 11.2. The van der Waals surface area contributed by atoms with E-state index in [0.29, 0.717) is 27.4 Å². The molecule has 3 aromatic heterocycles. The molecule has 0 saturated heterocycles. The Kier molecular flexibility index (Phi) is 11.9. The maximum absolute atomic E-state index is 11.2. The third kappa shape index (κ3) is 8.52. The van der Waals surface area contributed by atoms with Gasteiger partial charge in [0.1, 0.15) is 12.1 Å². The predicted octanol–water partition coefficient (Wildman–Crippen LogP) is 6.64. The lowest BCUT2D eigenvalue weighted by Crippen LogP contribution is -2.32. The first kappa shape index (κ1) is 36.8. The van der Waals surface area contributed by atoms with Crippen LogP contribution in [-0.4, -0.2) is 52.9 Å². The molecular weight excluding hydrogens is 816 g/mol. The summed E-state index contributed by atoms with van der Waals surface area (Å²) >= 11 is 10.1. The second-order valence-electron chi connectivity index (χ2n) is 11.2. The van der Waals surface area contributed by atoms with Gasteiger partial charge in [0.15, 0.2) is 0 Å². The summed E-state index contributed by atoms with van der Waals surface area (Å²) in [5, 5.41) is 31.6. The van der Waals surface area contributed by atoms with Crippen LogP contribution in [0.15, 0.2) is 86.6 Å². The smallest absolute Gasteiger partial charge is 0.320 e. The first-order valence-corrected chi connectivity index (χ1v) is 16.8. The molecule has 0 spiro atoms. The molecule has 0 fully saturated rings. The normalized spacial score (nSPS) is 12.2. The number of hydrogen-bond acceptors (Lipinski definition) is 6. The number of nitro benzene ring substituents is 1. The van der Waals surface area contributed by atoms with Crippen LogP contribution in [0.25, 0.3) is 32.7 Å². The number of aromatic nitrogens is 3. The first-order valence-electron chi connectivity index (χ1n) is 14.4. The maximum Gasteiger partial charge on any atom is 0.320 e. The monoisotopic (exact) mass is 846 g/mol. The predicted molar refractivity (Wildman–Crippen MR) is 197 cm³/mol. The van der Waals surface area contributed by atoms with Crippen molar-refractivity contribution in [2.75, 3.05) is 0 Å². The van der Waals surface area contributed by atoms with Crippen LogP contribution >= 0.6 is 47.8 Å². The van der Waals surface area contributed by atoms with Gasteiger partial charge in [-0.25, -0.2) is 0 Å². The lowest BCUT2D eigenvalue weighted by atomic mass is 10.0. The number of rotatable bonds is 7. The van der Waals surface area contributed by atoms with Crippen LogP contribution in [0.5, 0.6) is 0 Å². The average Bonchev–Trinajstić information content (AvgIpc) is 3.65. The molecule has 3 aromatic carbocycles. The molecule has 0 radical (unpaired) electrons. The van der Waals surface area contributed by atoms with Crippen molar-refractivity contribution in [3.8, 4) is 0 Å². The Bertz CT molecular complexity index is 2150. The number of nitrogens with two attached hydrogens (primary N) is 2. The summed E-state index contributed by atoms with van der Waals surface area (Å²) in [5.74, 6) is -2.11. The van der Waals surface area contributed by atoms with Gasteiger partial charge < -0.3 is 35.4 Å². The van der Waals surface area contributed by atoms with Gasteiger partial charge >= 0.3 is 11.9 Å². The Morgan fingerprint density at radius 3 is 1.88 bits per heavy atom. The van der Waals surface area contributed by atoms with Crippen molar-refractivity contribution >= 4 is 98.1 Å². The van der Waals surface area contributed by atoms with Crippen molar-refractivity contribution < 1.29 is 24.7 Å². The zero-order valence-corrected chi connectivity index (χ0v) is 30.9. The second-order valence-corrected chi connectivity index (χ2v) is 13.9. The molecule has 48 heavy (non-hydrogen) atoms. The number of benzene rings is 3. The molecule has 2 unspecified atom stereocenters. The van der Waals surface area contributed by atoms with E-state index in [1.165, 1.54) is 17.0 Å². The Morgan fingerprint density at radius 2 is 1.27 bits per heavy atom. The van der Waals surface area contributed by atoms with E-state index in [0.717, 1.165) is 25.4 Å². The van der Waals surface area contributed by atoms with E-state index in [9.17, 15) is 19.7 Å². The number of aryl methyl sites for hydroxylation is 3. The molecule has 0 bridgehead atoms. The number of hydrogen-bond donors (Lipinski definition) is 4. The molecule has 252 valence electrons. The number of carbonyl (C=O) groups is 2. The summed E-state index contributed by atoms with van der Waals surface area (Å²) in [6, 6.07) is 15.5. The fraction of sp³-hybridized carbons (Fsp3) is 0.212. The number of nitrogens with zero attached hydrogens (tertiary/aromatic N) is 4. The van der Waals surface area contributed by atoms with Crippen LogP contribution in [0, 0.1) is 10.1 Å². The Morgan fingerprint density at radius 1 is 0.750 bits per heavy atom. The zero-order chi connectivity index (χ0) is 35.4. The molecule has 3 heterocycles.